The smallest absolute Gasteiger partial charge is 0.164 e. The largest absolute Gasteiger partial charge is 0.389 e. The first-order valence-electron chi connectivity index (χ1n) is 13.4. The molecule has 3 aromatic carbocycles. The molecule has 6 heteroatoms. The summed E-state index contributed by atoms with van der Waals surface area (Å²) in [4.78, 5) is 18.6. The predicted molar refractivity (Wildman–Crippen MR) is 152 cm³/mol. The summed E-state index contributed by atoms with van der Waals surface area (Å²) in [6, 6.07) is 21.3. The zero-order chi connectivity index (χ0) is 25.9. The summed E-state index contributed by atoms with van der Waals surface area (Å²) >= 11 is 0. The van der Waals surface area contributed by atoms with Crippen LogP contribution in [-0.4, -0.2) is 35.7 Å². The standard InChI is InChI=1S/C33H25N5O/c39-25-7-11-27-22(16-25)5-10-28-26-8-6-24(15-21(26)4-9-29(27)28)32-35-17-31-33(37-32)38(19-36-31)18-20-3-12-30-23(14-20)2-1-13-34-30/h1-6,8,10,12-17,19,25,39H,7,9,11,18H2. The Morgan fingerprint density at radius 3 is 2.79 bits per heavy atom. The van der Waals surface area contributed by atoms with E-state index < -0.39 is 0 Å². The lowest BCUT2D eigenvalue weighted by Crippen LogP contribution is -2.24. The molecule has 6 aromatic rings. The van der Waals surface area contributed by atoms with Gasteiger partial charge in [0.25, 0.3) is 0 Å². The second-order valence-corrected chi connectivity index (χ2v) is 10.4. The van der Waals surface area contributed by atoms with Crippen molar-refractivity contribution in [3.63, 3.8) is 0 Å². The highest BCUT2D eigenvalue weighted by Gasteiger charge is 2.16. The molecule has 1 atom stereocenters. The van der Waals surface area contributed by atoms with Crippen LogP contribution in [-0.2, 0) is 19.4 Å². The molecule has 2 aliphatic carbocycles. The van der Waals surface area contributed by atoms with E-state index in [0.29, 0.717) is 12.4 Å². The topological polar surface area (TPSA) is 76.7 Å². The van der Waals surface area contributed by atoms with Crippen LogP contribution in [0.5, 0.6) is 0 Å². The van der Waals surface area contributed by atoms with E-state index in [-0.39, 0.29) is 6.10 Å². The quantitative estimate of drug-likeness (QED) is 0.394. The molecule has 0 fully saturated rings. The first-order chi connectivity index (χ1) is 19.2. The number of aliphatic hydroxyl groups excluding tert-OH is 1. The van der Waals surface area contributed by atoms with Gasteiger partial charge in [-0.15, -0.1) is 0 Å². The van der Waals surface area contributed by atoms with E-state index in [4.69, 9.17) is 4.98 Å². The highest BCUT2D eigenvalue weighted by atomic mass is 16.3. The van der Waals surface area contributed by atoms with Crippen molar-refractivity contribution in [2.45, 2.75) is 31.9 Å². The second kappa shape index (κ2) is 8.68. The van der Waals surface area contributed by atoms with Crippen LogP contribution in [0.15, 0.2) is 79.4 Å². The molecule has 0 amide bonds. The molecule has 0 radical (unpaired) electrons. The van der Waals surface area contributed by atoms with Crippen LogP contribution >= 0.6 is 0 Å². The summed E-state index contributed by atoms with van der Waals surface area (Å²) in [6.45, 7) is 0.672. The van der Waals surface area contributed by atoms with E-state index in [9.17, 15) is 5.11 Å². The minimum atomic E-state index is -0.337. The maximum absolute atomic E-state index is 10.1. The fraction of sp³-hybridized carbons (Fsp3) is 0.152. The van der Waals surface area contributed by atoms with Crippen molar-refractivity contribution in [1.82, 2.24) is 24.5 Å². The Morgan fingerprint density at radius 1 is 0.872 bits per heavy atom. The minimum Gasteiger partial charge on any atom is -0.389 e. The zero-order valence-electron chi connectivity index (χ0n) is 21.2. The first-order valence-corrected chi connectivity index (χ1v) is 13.4. The van der Waals surface area contributed by atoms with E-state index in [1.165, 1.54) is 37.6 Å². The van der Waals surface area contributed by atoms with Crippen molar-refractivity contribution in [1.29, 1.82) is 0 Å². The molecule has 0 saturated carbocycles. The summed E-state index contributed by atoms with van der Waals surface area (Å²) in [5.74, 6) is 0.697. The van der Waals surface area contributed by atoms with Crippen LogP contribution in [0.2, 0.25) is 0 Å². The molecule has 0 saturated heterocycles. The number of pyridine rings is 1. The van der Waals surface area contributed by atoms with Crippen molar-refractivity contribution < 1.29 is 5.11 Å². The molecule has 0 spiro atoms. The molecule has 2 aliphatic rings. The summed E-state index contributed by atoms with van der Waals surface area (Å²) in [5.41, 5.74) is 7.54. The van der Waals surface area contributed by atoms with Gasteiger partial charge in [-0.1, -0.05) is 42.5 Å². The van der Waals surface area contributed by atoms with Gasteiger partial charge in [0, 0.05) is 17.1 Å². The van der Waals surface area contributed by atoms with E-state index in [1.54, 1.807) is 0 Å². The summed E-state index contributed by atoms with van der Waals surface area (Å²) in [6.07, 6.45) is 12.1. The lowest BCUT2D eigenvalue weighted by Gasteiger charge is -2.19. The highest BCUT2D eigenvalue weighted by Crippen LogP contribution is 2.22. The average molecular weight is 508 g/mol. The molecule has 0 aliphatic heterocycles. The molecule has 6 nitrogen and oxygen atoms in total. The lowest BCUT2D eigenvalue weighted by atomic mass is 9.88. The summed E-state index contributed by atoms with van der Waals surface area (Å²) < 4.78 is 2.08. The molecule has 39 heavy (non-hydrogen) atoms. The molecule has 1 N–H and O–H groups in total. The fourth-order valence-corrected chi connectivity index (χ4v) is 6.09. The third kappa shape index (κ3) is 3.75. The van der Waals surface area contributed by atoms with Gasteiger partial charge in [0.2, 0.25) is 0 Å². The second-order valence-electron chi connectivity index (χ2n) is 10.4. The van der Waals surface area contributed by atoms with Crippen LogP contribution < -0.4 is 10.4 Å². The third-order valence-electron chi connectivity index (χ3n) is 8.03. The van der Waals surface area contributed by atoms with Crippen LogP contribution in [0.1, 0.15) is 23.1 Å². The number of fused-ring (bicyclic) bond motifs is 6. The number of nitrogens with zero attached hydrogens (tertiary/aromatic N) is 5. The van der Waals surface area contributed by atoms with Gasteiger partial charge in [-0.3, -0.25) is 4.98 Å². The number of rotatable bonds is 3. The fourth-order valence-electron chi connectivity index (χ4n) is 6.09. The number of imidazole rings is 1. The van der Waals surface area contributed by atoms with Crippen molar-refractivity contribution in [3.05, 3.63) is 117 Å². The number of hydrogen-bond donors (Lipinski definition) is 1. The van der Waals surface area contributed by atoms with E-state index in [2.05, 4.69) is 80.2 Å². The minimum absolute atomic E-state index is 0.337. The molecule has 0 bridgehead atoms. The predicted octanol–water partition coefficient (Wildman–Crippen LogP) is 3.80. The molecular formula is C33H25N5O. The molecule has 1 unspecified atom stereocenters. The summed E-state index contributed by atoms with van der Waals surface area (Å²) in [7, 11) is 0. The van der Waals surface area contributed by atoms with Gasteiger partial charge in [-0.25, -0.2) is 15.0 Å². The van der Waals surface area contributed by atoms with E-state index in [0.717, 1.165) is 46.9 Å². The number of benzene rings is 3. The number of aromatic nitrogens is 5. The Kier molecular flexibility index (Phi) is 4.97. The molecule has 188 valence electrons. The van der Waals surface area contributed by atoms with Gasteiger partial charge in [0.15, 0.2) is 11.5 Å². The van der Waals surface area contributed by atoms with E-state index in [1.807, 2.05) is 30.9 Å². The van der Waals surface area contributed by atoms with Crippen molar-refractivity contribution in [2.75, 3.05) is 0 Å². The summed E-state index contributed by atoms with van der Waals surface area (Å²) in [5, 5.41) is 16.1. The third-order valence-corrected chi connectivity index (χ3v) is 8.03. The van der Waals surface area contributed by atoms with Gasteiger partial charge in [-0.2, -0.15) is 0 Å². The maximum Gasteiger partial charge on any atom is 0.164 e. The van der Waals surface area contributed by atoms with Crippen LogP contribution in [0.4, 0.5) is 0 Å². The van der Waals surface area contributed by atoms with Gasteiger partial charge in [0.1, 0.15) is 5.52 Å². The lowest BCUT2D eigenvalue weighted by molar-refractivity contribution is 0.224. The van der Waals surface area contributed by atoms with Crippen LogP contribution in [0.3, 0.4) is 0 Å². The molecule has 8 rings (SSSR count). The van der Waals surface area contributed by atoms with E-state index >= 15 is 0 Å². The van der Waals surface area contributed by atoms with Gasteiger partial charge in [0.05, 0.1) is 30.7 Å². The molecule has 3 heterocycles. The number of aliphatic hydroxyl groups is 1. The zero-order valence-corrected chi connectivity index (χ0v) is 21.2. The highest BCUT2D eigenvalue weighted by molar-refractivity contribution is 5.79. The van der Waals surface area contributed by atoms with Crippen molar-refractivity contribution in [3.8, 4) is 11.4 Å². The Balaban J connectivity index is 1.20. The normalized spacial score (nSPS) is 15.8. The van der Waals surface area contributed by atoms with Gasteiger partial charge < -0.3 is 9.67 Å². The maximum atomic E-state index is 10.1. The molecule has 3 aromatic heterocycles. The Morgan fingerprint density at radius 2 is 1.82 bits per heavy atom. The Bertz CT molecular complexity index is 2170. The van der Waals surface area contributed by atoms with Crippen molar-refractivity contribution >= 4 is 34.2 Å². The van der Waals surface area contributed by atoms with Crippen molar-refractivity contribution in [2.24, 2.45) is 0 Å². The SMILES string of the molecule is OC1C=c2ccc3c(c2CC1)CC=c1cc(-c2ncc4ncn(Cc5ccc6ncccc6c5)c4n2)ccc1=3. The first kappa shape index (κ1) is 22.3. The number of hydrogen-bond acceptors (Lipinski definition) is 5. The Hall–Kier alpha value is -4.68. The average Bonchev–Trinajstić information content (AvgIpc) is 3.38. The van der Waals surface area contributed by atoms with Crippen LogP contribution in [0, 0.1) is 10.4 Å². The van der Waals surface area contributed by atoms with Gasteiger partial charge >= 0.3 is 0 Å². The van der Waals surface area contributed by atoms with Crippen LogP contribution in [0.25, 0.3) is 45.6 Å². The Labute approximate surface area is 224 Å². The monoisotopic (exact) mass is 507 g/mol. The van der Waals surface area contributed by atoms with Gasteiger partial charge in [-0.05, 0) is 87.2 Å². The molecular weight excluding hydrogens is 482 g/mol.